The summed E-state index contributed by atoms with van der Waals surface area (Å²) in [5.74, 6) is -2.29. The number of benzene rings is 3. The molecule has 0 aromatic heterocycles. The Balaban J connectivity index is 1.24. The van der Waals surface area contributed by atoms with E-state index in [1.54, 1.807) is 24.3 Å². The van der Waals surface area contributed by atoms with Crippen LogP contribution in [0.15, 0.2) is 78.9 Å². The van der Waals surface area contributed by atoms with E-state index in [-0.39, 0.29) is 44.7 Å². The molecular formula is C29H23Br2NO5. The first kappa shape index (κ1) is 25.5. The van der Waals surface area contributed by atoms with Crippen LogP contribution in [0.2, 0.25) is 0 Å². The summed E-state index contributed by atoms with van der Waals surface area (Å²) >= 11 is 7.17. The summed E-state index contributed by atoms with van der Waals surface area (Å²) in [5.41, 5.74) is 2.96. The van der Waals surface area contributed by atoms with Crippen molar-refractivity contribution in [3.05, 3.63) is 90.0 Å². The first-order valence-corrected chi connectivity index (χ1v) is 13.8. The van der Waals surface area contributed by atoms with E-state index in [0.717, 1.165) is 11.1 Å². The summed E-state index contributed by atoms with van der Waals surface area (Å²) in [5, 5.41) is 0. The highest BCUT2D eigenvalue weighted by atomic mass is 79.9. The Labute approximate surface area is 231 Å². The molecule has 5 rings (SSSR count). The Bertz CT molecular complexity index is 1330. The number of carbonyl (C=O) groups excluding carboxylic acids is 4. The number of carbonyl (C=O) groups is 4. The van der Waals surface area contributed by atoms with Crippen LogP contribution in [-0.4, -0.2) is 39.8 Å². The van der Waals surface area contributed by atoms with Gasteiger partial charge in [0.15, 0.2) is 12.4 Å². The number of anilines is 1. The van der Waals surface area contributed by atoms with Gasteiger partial charge in [-0.05, 0) is 42.2 Å². The third-order valence-electron chi connectivity index (χ3n) is 6.90. The van der Waals surface area contributed by atoms with Gasteiger partial charge in [0.2, 0.25) is 11.8 Å². The van der Waals surface area contributed by atoms with Crippen LogP contribution < -0.4 is 4.90 Å². The lowest BCUT2D eigenvalue weighted by atomic mass is 9.81. The monoisotopic (exact) mass is 623 g/mol. The second-order valence-electron chi connectivity index (χ2n) is 9.22. The summed E-state index contributed by atoms with van der Waals surface area (Å²) in [4.78, 5) is 52.9. The maximum absolute atomic E-state index is 13.1. The minimum atomic E-state index is -0.700. The van der Waals surface area contributed by atoms with E-state index in [0.29, 0.717) is 24.1 Å². The Morgan fingerprint density at radius 1 is 0.757 bits per heavy atom. The topological polar surface area (TPSA) is 80.8 Å². The minimum absolute atomic E-state index is 0.110. The molecule has 1 aliphatic carbocycles. The van der Waals surface area contributed by atoms with Gasteiger partial charge in [-0.3, -0.25) is 19.3 Å². The molecule has 0 unspecified atom stereocenters. The zero-order chi connectivity index (χ0) is 26.1. The van der Waals surface area contributed by atoms with Gasteiger partial charge in [-0.1, -0.05) is 92.5 Å². The van der Waals surface area contributed by atoms with E-state index in [1.165, 1.54) is 17.0 Å². The molecule has 2 amide bonds. The quantitative estimate of drug-likeness (QED) is 0.149. The first-order valence-electron chi connectivity index (χ1n) is 12.0. The number of rotatable bonds is 6. The van der Waals surface area contributed by atoms with Gasteiger partial charge in [-0.2, -0.15) is 0 Å². The lowest BCUT2D eigenvalue weighted by Crippen LogP contribution is -2.34. The molecule has 0 spiro atoms. The highest BCUT2D eigenvalue weighted by molar-refractivity contribution is 9.12. The van der Waals surface area contributed by atoms with Gasteiger partial charge in [0.25, 0.3) is 0 Å². The van der Waals surface area contributed by atoms with Crippen molar-refractivity contribution in [2.75, 3.05) is 11.5 Å². The zero-order valence-electron chi connectivity index (χ0n) is 19.7. The predicted molar refractivity (Wildman–Crippen MR) is 147 cm³/mol. The number of amides is 2. The summed E-state index contributed by atoms with van der Waals surface area (Å²) in [6.45, 7) is -0.418. The standard InChI is InChI=1S/C29H23Br2NO5/c30-24-14-22-23(15-25(24)31)28(35)32(27(22)34)21-8-4-7-20(13-21)29(36)37-16-26(33)19-11-9-18(10-12-19)17-5-2-1-3-6-17/h1-13,22-25H,14-16H2/t22-,23+,24-,25-/m0/s1. The van der Waals surface area contributed by atoms with E-state index in [4.69, 9.17) is 4.74 Å². The Hall–Kier alpha value is -3.10. The van der Waals surface area contributed by atoms with Gasteiger partial charge in [0, 0.05) is 15.2 Å². The van der Waals surface area contributed by atoms with Crippen molar-refractivity contribution in [3.8, 4) is 11.1 Å². The number of Topliss-reactive ketones (excluding diaryl/α,β-unsaturated/α-hetero) is 1. The second-order valence-corrected chi connectivity index (χ2v) is 11.6. The first-order chi connectivity index (χ1) is 17.8. The molecular weight excluding hydrogens is 602 g/mol. The fourth-order valence-corrected chi connectivity index (χ4v) is 6.14. The number of ketones is 1. The maximum atomic E-state index is 13.1. The van der Waals surface area contributed by atoms with E-state index in [2.05, 4.69) is 31.9 Å². The molecule has 2 aliphatic rings. The molecule has 3 aromatic rings. The highest BCUT2D eigenvalue weighted by Crippen LogP contribution is 2.44. The average Bonchev–Trinajstić information content (AvgIpc) is 3.16. The molecule has 0 radical (unpaired) electrons. The molecule has 3 aromatic carbocycles. The number of hydrogen-bond acceptors (Lipinski definition) is 5. The van der Waals surface area contributed by atoms with Gasteiger partial charge in [0.1, 0.15) is 0 Å². The number of alkyl halides is 2. The molecule has 2 fully saturated rings. The van der Waals surface area contributed by atoms with Crippen molar-refractivity contribution in [1.82, 2.24) is 0 Å². The highest BCUT2D eigenvalue weighted by Gasteiger charge is 2.52. The van der Waals surface area contributed by atoms with Gasteiger partial charge in [0.05, 0.1) is 23.1 Å². The largest absolute Gasteiger partial charge is 0.454 e. The molecule has 1 aliphatic heterocycles. The molecule has 1 saturated heterocycles. The van der Waals surface area contributed by atoms with Crippen LogP contribution in [0, 0.1) is 11.8 Å². The van der Waals surface area contributed by atoms with E-state index >= 15 is 0 Å². The SMILES string of the molecule is O=C(COC(=O)c1cccc(N2C(=O)[C@H]3C[C@H](Br)[C@@H](Br)C[C@H]3C2=O)c1)c1ccc(-c2ccccc2)cc1. The van der Waals surface area contributed by atoms with Gasteiger partial charge < -0.3 is 4.74 Å². The van der Waals surface area contributed by atoms with Gasteiger partial charge >= 0.3 is 5.97 Å². The molecule has 1 heterocycles. The van der Waals surface area contributed by atoms with Crippen molar-refractivity contribution in [2.45, 2.75) is 22.5 Å². The number of hydrogen-bond donors (Lipinski definition) is 0. The fraction of sp³-hybridized carbons (Fsp3) is 0.241. The summed E-state index contributed by atoms with van der Waals surface area (Å²) < 4.78 is 5.26. The average molecular weight is 625 g/mol. The Kier molecular flexibility index (Phi) is 7.40. The van der Waals surface area contributed by atoms with Crippen LogP contribution in [0.4, 0.5) is 5.69 Å². The summed E-state index contributed by atoms with van der Waals surface area (Å²) in [6.07, 6.45) is 1.13. The van der Waals surface area contributed by atoms with Crippen molar-refractivity contribution in [3.63, 3.8) is 0 Å². The number of ether oxygens (including phenoxy) is 1. The number of nitrogens with zero attached hydrogens (tertiary/aromatic N) is 1. The zero-order valence-corrected chi connectivity index (χ0v) is 22.9. The molecule has 0 bridgehead atoms. The Morgan fingerprint density at radius 2 is 1.35 bits per heavy atom. The van der Waals surface area contributed by atoms with E-state index in [9.17, 15) is 19.2 Å². The summed E-state index contributed by atoms with van der Waals surface area (Å²) in [6, 6.07) is 23.1. The van der Waals surface area contributed by atoms with Crippen LogP contribution in [0.5, 0.6) is 0 Å². The van der Waals surface area contributed by atoms with Crippen molar-refractivity contribution >= 4 is 61.1 Å². The van der Waals surface area contributed by atoms with Crippen LogP contribution in [0.1, 0.15) is 33.6 Å². The molecule has 188 valence electrons. The predicted octanol–water partition coefficient (Wildman–Crippen LogP) is 5.82. The van der Waals surface area contributed by atoms with E-state index in [1.807, 2.05) is 42.5 Å². The van der Waals surface area contributed by atoms with Crippen LogP contribution >= 0.6 is 31.9 Å². The van der Waals surface area contributed by atoms with E-state index < -0.39 is 12.6 Å². The molecule has 8 heteroatoms. The number of esters is 1. The maximum Gasteiger partial charge on any atom is 0.338 e. The van der Waals surface area contributed by atoms with Crippen LogP contribution in [0.25, 0.3) is 11.1 Å². The smallest absolute Gasteiger partial charge is 0.338 e. The number of fused-ring (bicyclic) bond motifs is 1. The number of imide groups is 1. The summed E-state index contributed by atoms with van der Waals surface area (Å²) in [7, 11) is 0. The second kappa shape index (κ2) is 10.7. The molecule has 4 atom stereocenters. The minimum Gasteiger partial charge on any atom is -0.454 e. The van der Waals surface area contributed by atoms with Gasteiger partial charge in [-0.25, -0.2) is 4.79 Å². The van der Waals surface area contributed by atoms with Crippen LogP contribution in [0.3, 0.4) is 0 Å². The van der Waals surface area contributed by atoms with Crippen molar-refractivity contribution < 1.29 is 23.9 Å². The van der Waals surface area contributed by atoms with Crippen molar-refractivity contribution in [1.29, 1.82) is 0 Å². The van der Waals surface area contributed by atoms with Crippen LogP contribution in [-0.2, 0) is 14.3 Å². The third kappa shape index (κ3) is 5.18. The van der Waals surface area contributed by atoms with Gasteiger partial charge in [-0.15, -0.1) is 0 Å². The molecule has 0 N–H and O–H groups in total. The third-order valence-corrected chi connectivity index (χ3v) is 9.63. The molecule has 6 nitrogen and oxygen atoms in total. The number of halogens is 2. The lowest BCUT2D eigenvalue weighted by Gasteiger charge is -2.29. The van der Waals surface area contributed by atoms with Crippen molar-refractivity contribution in [2.24, 2.45) is 11.8 Å². The molecule has 37 heavy (non-hydrogen) atoms. The lowest BCUT2D eigenvalue weighted by molar-refractivity contribution is -0.122. The Morgan fingerprint density at radius 3 is 1.97 bits per heavy atom. The molecule has 1 saturated carbocycles. The fourth-order valence-electron chi connectivity index (χ4n) is 4.90. The normalized spacial score (nSPS) is 23.0.